The molecule has 2 saturated heterocycles. The van der Waals surface area contributed by atoms with Gasteiger partial charge in [-0.05, 0) is 89.8 Å². The van der Waals surface area contributed by atoms with E-state index in [1.165, 1.54) is 7.11 Å². The number of nitrogens with zero attached hydrogens (tertiary/aromatic N) is 2. The number of ether oxygens (including phenoxy) is 3. The molecule has 4 amide bonds. The van der Waals surface area contributed by atoms with Gasteiger partial charge in [-0.2, -0.15) is 0 Å². The van der Waals surface area contributed by atoms with Crippen LogP contribution in [0.4, 0.5) is 10.5 Å². The normalized spacial score (nSPS) is 24.4. The fourth-order valence-corrected chi connectivity index (χ4v) is 9.85. The van der Waals surface area contributed by atoms with Crippen molar-refractivity contribution in [1.82, 2.24) is 10.2 Å². The third-order valence-corrected chi connectivity index (χ3v) is 12.6. The summed E-state index contributed by atoms with van der Waals surface area (Å²) < 4.78 is 17.2. The Morgan fingerprint density at radius 2 is 1.60 bits per heavy atom. The number of esters is 2. The summed E-state index contributed by atoms with van der Waals surface area (Å²) in [6.07, 6.45) is 5.05. The minimum Gasteiger partial charge on any atom is -0.491 e. The third kappa shape index (κ3) is 7.63. The molecule has 3 aliphatic heterocycles. The van der Waals surface area contributed by atoms with Gasteiger partial charge in [0.25, 0.3) is 0 Å². The van der Waals surface area contributed by atoms with E-state index in [2.05, 4.69) is 23.2 Å². The van der Waals surface area contributed by atoms with E-state index in [0.717, 1.165) is 41.7 Å². The van der Waals surface area contributed by atoms with E-state index < -0.39 is 77.3 Å². The van der Waals surface area contributed by atoms with Crippen LogP contribution >= 0.6 is 0 Å². The predicted molar refractivity (Wildman–Crippen MR) is 233 cm³/mol. The second kappa shape index (κ2) is 17.9. The lowest BCUT2D eigenvalue weighted by molar-refractivity contribution is -0.178. The van der Waals surface area contributed by atoms with Crippen LogP contribution < -0.4 is 20.7 Å². The number of hydrogen-bond donors (Lipinski definition) is 3. The lowest BCUT2D eigenvalue weighted by atomic mass is 9.65. The topological polar surface area (TPSA) is 178 Å². The van der Waals surface area contributed by atoms with Crippen LogP contribution in [0.15, 0.2) is 115 Å². The van der Waals surface area contributed by atoms with E-state index in [1.807, 2.05) is 65.6 Å². The van der Waals surface area contributed by atoms with E-state index >= 15 is 4.79 Å². The molecule has 0 radical (unpaired) electrons. The molecule has 63 heavy (non-hydrogen) atoms. The summed E-state index contributed by atoms with van der Waals surface area (Å²) in [6, 6.07) is 25.1. The maximum Gasteiger partial charge on any atom is 0.329 e. The molecule has 4 aromatic rings. The predicted octanol–water partition coefficient (Wildman–Crippen LogP) is 5.97. The highest BCUT2D eigenvalue weighted by Gasteiger charge is 2.75. The van der Waals surface area contributed by atoms with Gasteiger partial charge in [0.2, 0.25) is 11.8 Å². The number of benzene rings is 4. The number of nitrogens with two attached hydrogens (primary N) is 1. The summed E-state index contributed by atoms with van der Waals surface area (Å²) in [5.74, 6) is 1.69. The number of methoxy groups -OCH3 is 1. The highest BCUT2D eigenvalue weighted by molar-refractivity contribution is 6.25. The van der Waals surface area contributed by atoms with Crippen molar-refractivity contribution in [2.75, 3.05) is 25.2 Å². The number of aliphatic hydroxyl groups is 1. The number of carbonyl (C=O) groups is 5. The molecule has 8 rings (SSSR count). The lowest BCUT2D eigenvalue weighted by Gasteiger charge is -2.46. The summed E-state index contributed by atoms with van der Waals surface area (Å²) in [4.78, 5) is 76.2. The Labute approximate surface area is 366 Å². The van der Waals surface area contributed by atoms with Crippen molar-refractivity contribution < 1.29 is 43.3 Å². The van der Waals surface area contributed by atoms with E-state index in [4.69, 9.17) is 19.9 Å². The van der Waals surface area contributed by atoms with Crippen molar-refractivity contribution in [3.8, 4) is 17.6 Å². The van der Waals surface area contributed by atoms with Gasteiger partial charge in [0, 0.05) is 5.56 Å². The molecular formula is C50H50N4O9. The van der Waals surface area contributed by atoms with Gasteiger partial charge in [0.15, 0.2) is 0 Å². The zero-order valence-corrected chi connectivity index (χ0v) is 35.4. The summed E-state index contributed by atoms with van der Waals surface area (Å²) in [7, 11) is 1.21. The lowest BCUT2D eigenvalue weighted by Crippen LogP contribution is -2.57. The van der Waals surface area contributed by atoms with Gasteiger partial charge in [-0.25, -0.2) is 14.5 Å². The molecule has 4 aromatic carbocycles. The van der Waals surface area contributed by atoms with Crippen LogP contribution in [0, 0.1) is 23.7 Å². The van der Waals surface area contributed by atoms with E-state index in [9.17, 15) is 24.3 Å². The first-order valence-corrected chi connectivity index (χ1v) is 21.3. The van der Waals surface area contributed by atoms with Crippen LogP contribution in [0.25, 0.3) is 0 Å². The molecule has 4 aliphatic rings. The molecule has 13 nitrogen and oxygen atoms in total. The Bertz CT molecular complexity index is 2500. The second-order valence-corrected chi connectivity index (χ2v) is 16.6. The van der Waals surface area contributed by atoms with Crippen LogP contribution in [-0.2, 0) is 34.1 Å². The number of primary amides is 1. The van der Waals surface area contributed by atoms with Gasteiger partial charge in [0.05, 0.1) is 37.4 Å². The Kier molecular flexibility index (Phi) is 12.2. The number of fused-ring (bicyclic) bond motifs is 3. The molecule has 0 bridgehead atoms. The number of hydrogen-bond acceptors (Lipinski definition) is 10. The first-order chi connectivity index (χ1) is 30.5. The summed E-state index contributed by atoms with van der Waals surface area (Å²) in [5, 5.41) is 12.2. The van der Waals surface area contributed by atoms with Crippen molar-refractivity contribution in [1.29, 1.82) is 0 Å². The Hall–Kier alpha value is -6.75. The Balaban J connectivity index is 1.42. The quantitative estimate of drug-likeness (QED) is 0.127. The minimum atomic E-state index is -2.06. The number of carbonyl (C=O) groups excluding carboxylic acids is 5. The molecule has 13 heteroatoms. The van der Waals surface area contributed by atoms with Gasteiger partial charge < -0.3 is 30.4 Å². The SMILES string of the molecule is COC(=O)[C@@H](NC(=O)N1C(=O)[C@@]2(c3cc(C#CC4=CCCCC4)ccc31)[C@H](C(N)=O)[C@H]1C(=O)O[C@H](c3ccccc3)[C@H](c3ccccc3)N1[C@@H]2c1ccc(OCCO)cc1)C(C)C. The maximum absolute atomic E-state index is 16.2. The van der Waals surface area contributed by atoms with Crippen LogP contribution in [0.5, 0.6) is 5.75 Å². The van der Waals surface area contributed by atoms with Gasteiger partial charge in [-0.15, -0.1) is 0 Å². The van der Waals surface area contributed by atoms with E-state index in [0.29, 0.717) is 22.4 Å². The van der Waals surface area contributed by atoms with Crippen LogP contribution in [0.3, 0.4) is 0 Å². The largest absolute Gasteiger partial charge is 0.491 e. The molecular weight excluding hydrogens is 801 g/mol. The van der Waals surface area contributed by atoms with Gasteiger partial charge in [-0.3, -0.25) is 19.3 Å². The van der Waals surface area contributed by atoms with Gasteiger partial charge in [0.1, 0.15) is 36.0 Å². The third-order valence-electron chi connectivity index (χ3n) is 12.6. The standard InChI is InChI=1S/C50H50N4O9/c1-30(2)40(46(57)61-3)52-49(60)53-38-26-21-32(20-19-31-13-7-4-8-14-31)29-37(38)50(48(53)59)39(45(51)56)42-47(58)63-43(34-17-11-6-12-18-34)41(33-15-9-5-10-16-33)54(42)44(50)35-22-24-36(25-23-35)62-28-27-55/h5-6,9-13,15-18,21-26,29-30,39-44,55H,4,7-8,14,27-28H2,1-3H3,(H2,51,56)(H,52,60)/t39-,40-,41-,42-,43+,44+,50-/m0/s1. The smallest absolute Gasteiger partial charge is 0.329 e. The van der Waals surface area contributed by atoms with Crippen LogP contribution in [-0.4, -0.2) is 72.2 Å². The van der Waals surface area contributed by atoms with E-state index in [1.54, 1.807) is 56.3 Å². The molecule has 0 unspecified atom stereocenters. The summed E-state index contributed by atoms with van der Waals surface area (Å²) >= 11 is 0. The monoisotopic (exact) mass is 850 g/mol. The average Bonchev–Trinajstić information content (AvgIpc) is 3.76. The molecule has 7 atom stereocenters. The van der Waals surface area contributed by atoms with Crippen LogP contribution in [0.2, 0.25) is 0 Å². The molecule has 0 saturated carbocycles. The fourth-order valence-electron chi connectivity index (χ4n) is 9.85. The molecule has 324 valence electrons. The molecule has 1 spiro atoms. The van der Waals surface area contributed by atoms with E-state index in [-0.39, 0.29) is 24.5 Å². The highest BCUT2D eigenvalue weighted by atomic mass is 16.6. The van der Waals surface area contributed by atoms with Gasteiger partial charge >= 0.3 is 18.0 Å². The van der Waals surface area contributed by atoms with Crippen molar-refractivity contribution in [2.45, 2.75) is 75.2 Å². The van der Waals surface area contributed by atoms with Crippen molar-refractivity contribution in [3.63, 3.8) is 0 Å². The van der Waals surface area contributed by atoms with Crippen molar-refractivity contribution in [2.24, 2.45) is 17.6 Å². The fraction of sp³-hybridized carbons (Fsp3) is 0.340. The minimum absolute atomic E-state index is 0.0327. The molecule has 2 fully saturated rings. The summed E-state index contributed by atoms with van der Waals surface area (Å²) in [6.45, 7) is 3.28. The summed E-state index contributed by atoms with van der Waals surface area (Å²) in [5.41, 5.74) is 8.24. The number of imide groups is 1. The maximum atomic E-state index is 16.2. The second-order valence-electron chi connectivity index (χ2n) is 16.6. The Morgan fingerprint density at radius 1 is 0.905 bits per heavy atom. The van der Waals surface area contributed by atoms with Crippen molar-refractivity contribution >= 4 is 35.5 Å². The van der Waals surface area contributed by atoms with Crippen molar-refractivity contribution in [3.05, 3.63) is 143 Å². The number of rotatable bonds is 10. The first kappa shape index (κ1) is 42.9. The number of morpholine rings is 1. The molecule has 1 aliphatic carbocycles. The number of aliphatic hydroxyl groups excluding tert-OH is 1. The zero-order chi connectivity index (χ0) is 44.4. The number of anilines is 1. The highest BCUT2D eigenvalue weighted by Crippen LogP contribution is 2.65. The first-order valence-electron chi connectivity index (χ1n) is 21.3. The average molecular weight is 851 g/mol. The number of urea groups is 1. The number of nitrogens with one attached hydrogen (secondary N) is 1. The van der Waals surface area contributed by atoms with Gasteiger partial charge in [-0.1, -0.05) is 105 Å². The Morgan fingerprint density at radius 3 is 2.22 bits per heavy atom. The number of amides is 4. The number of allylic oxidation sites excluding steroid dienone is 2. The molecule has 0 aromatic heterocycles. The van der Waals surface area contributed by atoms with Crippen LogP contribution in [0.1, 0.15) is 85.5 Å². The molecule has 3 heterocycles. The molecule has 4 N–H and O–H groups in total. The zero-order valence-electron chi connectivity index (χ0n) is 35.4. The number of cyclic esters (lactones) is 1.